The van der Waals surface area contributed by atoms with Crippen LogP contribution in [-0.4, -0.2) is 29.2 Å². The molecule has 0 fully saturated rings. The zero-order valence-electron chi connectivity index (χ0n) is 13.9. The summed E-state index contributed by atoms with van der Waals surface area (Å²) in [5.41, 5.74) is 3.23. The quantitative estimate of drug-likeness (QED) is 0.801. The van der Waals surface area contributed by atoms with Gasteiger partial charge in [-0.25, -0.2) is 0 Å². The van der Waals surface area contributed by atoms with Gasteiger partial charge < -0.3 is 5.32 Å². The molecular weight excluding hydrogens is 342 g/mol. The maximum absolute atomic E-state index is 12.5. The van der Waals surface area contributed by atoms with E-state index in [1.807, 2.05) is 19.1 Å². The highest BCUT2D eigenvalue weighted by Gasteiger charge is 2.25. The number of hydrogen-bond donors (Lipinski definition) is 1. The van der Waals surface area contributed by atoms with Crippen LogP contribution in [0, 0.1) is 0 Å². The molecule has 0 unspecified atom stereocenters. The summed E-state index contributed by atoms with van der Waals surface area (Å²) in [4.78, 5) is 15.1. The molecule has 0 aromatic heterocycles. The molecule has 1 aliphatic rings. The molecule has 6 heteroatoms. The van der Waals surface area contributed by atoms with E-state index >= 15 is 0 Å². The topological polar surface area (TPSA) is 32.3 Å². The van der Waals surface area contributed by atoms with Gasteiger partial charge in [0.15, 0.2) is 0 Å². The minimum absolute atomic E-state index is 0.0892. The lowest BCUT2D eigenvalue weighted by Gasteiger charge is -2.32. The van der Waals surface area contributed by atoms with Gasteiger partial charge in [-0.2, -0.15) is 8.78 Å². The van der Waals surface area contributed by atoms with E-state index in [-0.39, 0.29) is 11.9 Å². The van der Waals surface area contributed by atoms with Gasteiger partial charge in [-0.3, -0.25) is 9.69 Å². The van der Waals surface area contributed by atoms with Crippen LogP contribution in [0.4, 0.5) is 14.5 Å². The molecule has 25 heavy (non-hydrogen) atoms. The van der Waals surface area contributed by atoms with Crippen molar-refractivity contribution in [3.05, 3.63) is 59.7 Å². The number of amides is 1. The first-order chi connectivity index (χ1) is 12.0. The number of rotatable bonds is 5. The molecule has 3 nitrogen and oxygen atoms in total. The lowest BCUT2D eigenvalue weighted by atomic mass is 9.99. The van der Waals surface area contributed by atoms with Crippen LogP contribution in [0.15, 0.2) is 53.4 Å². The second kappa shape index (κ2) is 7.97. The van der Waals surface area contributed by atoms with Crippen LogP contribution in [-0.2, 0) is 17.8 Å². The number of hydrogen-bond acceptors (Lipinski definition) is 3. The lowest BCUT2D eigenvalue weighted by Crippen LogP contribution is -2.44. The van der Waals surface area contributed by atoms with E-state index in [0.717, 1.165) is 19.5 Å². The fourth-order valence-electron chi connectivity index (χ4n) is 2.98. The van der Waals surface area contributed by atoms with E-state index < -0.39 is 5.76 Å². The normalized spacial score (nSPS) is 15.7. The van der Waals surface area contributed by atoms with Crippen molar-refractivity contribution in [1.82, 2.24) is 4.90 Å². The molecule has 0 saturated heterocycles. The number of nitrogens with zero attached hydrogens (tertiary/aromatic N) is 1. The molecule has 1 heterocycles. The Morgan fingerprint density at radius 3 is 2.48 bits per heavy atom. The van der Waals surface area contributed by atoms with Gasteiger partial charge in [0.2, 0.25) is 5.91 Å². The number of alkyl halides is 2. The summed E-state index contributed by atoms with van der Waals surface area (Å²) in [6.07, 6.45) is 0.938. The molecule has 0 bridgehead atoms. The number of carbonyl (C=O) groups excluding carboxylic acids is 1. The summed E-state index contributed by atoms with van der Waals surface area (Å²) in [6, 6.07) is 14.5. The molecule has 1 amide bonds. The first-order valence-electron chi connectivity index (χ1n) is 8.19. The minimum Gasteiger partial charge on any atom is -0.325 e. The predicted molar refractivity (Wildman–Crippen MR) is 97.0 cm³/mol. The van der Waals surface area contributed by atoms with E-state index in [1.165, 1.54) is 11.1 Å². The van der Waals surface area contributed by atoms with E-state index in [4.69, 9.17) is 0 Å². The van der Waals surface area contributed by atoms with Gasteiger partial charge in [-0.15, -0.1) is 0 Å². The average Bonchev–Trinajstić information content (AvgIpc) is 2.62. The van der Waals surface area contributed by atoms with E-state index in [0.29, 0.717) is 22.3 Å². The van der Waals surface area contributed by atoms with Crippen molar-refractivity contribution < 1.29 is 13.6 Å². The van der Waals surface area contributed by atoms with Crippen LogP contribution in [0.2, 0.25) is 0 Å². The monoisotopic (exact) mass is 362 g/mol. The lowest BCUT2D eigenvalue weighted by molar-refractivity contribution is -0.121. The molecule has 3 rings (SSSR count). The van der Waals surface area contributed by atoms with Crippen LogP contribution in [0.1, 0.15) is 18.1 Å². The molecule has 1 atom stereocenters. The van der Waals surface area contributed by atoms with Crippen molar-refractivity contribution >= 4 is 23.4 Å². The summed E-state index contributed by atoms with van der Waals surface area (Å²) in [7, 11) is 0. The van der Waals surface area contributed by atoms with Crippen LogP contribution >= 0.6 is 11.8 Å². The van der Waals surface area contributed by atoms with Crippen molar-refractivity contribution in [3.8, 4) is 0 Å². The molecule has 2 aromatic carbocycles. The SMILES string of the molecule is C[C@@H](C(=O)Nc1ccc(SC(F)F)cc1)N1CCc2ccccc2C1. The molecule has 1 aliphatic heterocycles. The van der Waals surface area contributed by atoms with Crippen LogP contribution < -0.4 is 5.32 Å². The minimum atomic E-state index is -2.44. The fraction of sp³-hybridized carbons (Fsp3) is 0.316. The maximum Gasteiger partial charge on any atom is 0.288 e. The number of benzene rings is 2. The van der Waals surface area contributed by atoms with Gasteiger partial charge in [0, 0.05) is 23.7 Å². The number of carbonyl (C=O) groups is 1. The second-order valence-electron chi connectivity index (χ2n) is 6.06. The Morgan fingerprint density at radius 2 is 1.80 bits per heavy atom. The third-order valence-corrected chi connectivity index (χ3v) is 5.16. The Balaban J connectivity index is 1.59. The zero-order valence-corrected chi connectivity index (χ0v) is 14.7. The summed E-state index contributed by atoms with van der Waals surface area (Å²) in [5, 5.41) is 2.87. The van der Waals surface area contributed by atoms with Gasteiger partial charge in [0.1, 0.15) is 0 Å². The van der Waals surface area contributed by atoms with Gasteiger partial charge in [-0.1, -0.05) is 36.0 Å². The van der Waals surface area contributed by atoms with Gasteiger partial charge in [-0.05, 0) is 48.7 Å². The Morgan fingerprint density at radius 1 is 1.12 bits per heavy atom. The van der Waals surface area contributed by atoms with Gasteiger partial charge in [0.25, 0.3) is 5.76 Å². The highest BCUT2D eigenvalue weighted by molar-refractivity contribution is 7.99. The Hall–Kier alpha value is -1.92. The summed E-state index contributed by atoms with van der Waals surface area (Å²) < 4.78 is 24.7. The van der Waals surface area contributed by atoms with Crippen molar-refractivity contribution in [3.63, 3.8) is 0 Å². The summed E-state index contributed by atoms with van der Waals surface area (Å²) in [6.45, 7) is 3.49. The van der Waals surface area contributed by atoms with Gasteiger partial charge in [0.05, 0.1) is 6.04 Å². The molecule has 1 N–H and O–H groups in total. The highest BCUT2D eigenvalue weighted by atomic mass is 32.2. The van der Waals surface area contributed by atoms with E-state index in [1.54, 1.807) is 24.3 Å². The van der Waals surface area contributed by atoms with Crippen molar-refractivity contribution in [1.29, 1.82) is 0 Å². The van der Waals surface area contributed by atoms with Crippen molar-refractivity contribution in [2.75, 3.05) is 11.9 Å². The maximum atomic E-state index is 12.5. The van der Waals surface area contributed by atoms with Gasteiger partial charge >= 0.3 is 0 Å². The fourth-order valence-corrected chi connectivity index (χ4v) is 3.48. The number of nitrogens with one attached hydrogen (secondary N) is 1. The Bertz CT molecular complexity index is 736. The molecule has 0 saturated carbocycles. The number of anilines is 1. The average molecular weight is 362 g/mol. The smallest absolute Gasteiger partial charge is 0.288 e. The first-order valence-corrected chi connectivity index (χ1v) is 9.07. The Kier molecular flexibility index (Phi) is 5.71. The summed E-state index contributed by atoms with van der Waals surface area (Å²) >= 11 is 0.494. The highest BCUT2D eigenvalue weighted by Crippen LogP contribution is 2.26. The molecule has 0 aliphatic carbocycles. The third-order valence-electron chi connectivity index (χ3n) is 4.43. The standard InChI is InChI=1S/C19H20F2N2OS/c1-13(23-11-10-14-4-2-3-5-15(14)12-23)18(24)22-16-6-8-17(9-7-16)25-19(20)21/h2-9,13,19H,10-12H2,1H3,(H,22,24)/t13-/m0/s1. The molecule has 2 aromatic rings. The molecule has 0 radical (unpaired) electrons. The second-order valence-corrected chi connectivity index (χ2v) is 7.12. The van der Waals surface area contributed by atoms with Crippen molar-refractivity contribution in [2.45, 2.75) is 36.6 Å². The number of halogens is 2. The predicted octanol–water partition coefficient (Wildman–Crippen LogP) is 4.39. The van der Waals surface area contributed by atoms with Crippen molar-refractivity contribution in [2.24, 2.45) is 0 Å². The van der Waals surface area contributed by atoms with Crippen LogP contribution in [0.25, 0.3) is 0 Å². The van der Waals surface area contributed by atoms with Crippen LogP contribution in [0.5, 0.6) is 0 Å². The molecule has 0 spiro atoms. The van der Waals surface area contributed by atoms with Crippen LogP contribution in [0.3, 0.4) is 0 Å². The summed E-state index contributed by atoms with van der Waals surface area (Å²) in [5.74, 6) is -2.53. The zero-order chi connectivity index (χ0) is 17.8. The van der Waals surface area contributed by atoms with E-state index in [2.05, 4.69) is 22.3 Å². The molecule has 132 valence electrons. The number of thioether (sulfide) groups is 1. The first kappa shape index (κ1) is 17.9. The largest absolute Gasteiger partial charge is 0.325 e. The van der Waals surface area contributed by atoms with E-state index in [9.17, 15) is 13.6 Å². The third kappa shape index (κ3) is 4.58. The number of fused-ring (bicyclic) bond motifs is 1. The molecular formula is C19H20F2N2OS. The Labute approximate surface area is 150 Å².